The molecule has 1 atom stereocenters. The second kappa shape index (κ2) is 8.66. The predicted molar refractivity (Wildman–Crippen MR) is 97.4 cm³/mol. The molecule has 0 aliphatic rings. The first-order valence-corrected chi connectivity index (χ1v) is 7.95. The normalized spacial score (nSPS) is 11.8. The Kier molecular flexibility index (Phi) is 6.32. The summed E-state index contributed by atoms with van der Waals surface area (Å²) in [6.45, 7) is 1.39. The third-order valence-corrected chi connectivity index (χ3v) is 3.53. The number of nitrogens with one attached hydrogen (secondary N) is 1. The fraction of sp³-hybridized carbons (Fsp3) is 0.211. The maximum atomic E-state index is 12.1. The van der Waals surface area contributed by atoms with E-state index in [2.05, 4.69) is 10.5 Å². The van der Waals surface area contributed by atoms with Crippen molar-refractivity contribution in [1.82, 2.24) is 5.43 Å². The maximum absolute atomic E-state index is 12.1. The van der Waals surface area contributed by atoms with E-state index in [1.54, 1.807) is 42.5 Å². The van der Waals surface area contributed by atoms with Crippen LogP contribution in [0.2, 0.25) is 0 Å². The van der Waals surface area contributed by atoms with Crippen molar-refractivity contribution in [1.29, 1.82) is 0 Å². The molecule has 0 fully saturated rings. The summed E-state index contributed by atoms with van der Waals surface area (Å²) in [5.41, 5.74) is 4.62. The number of nitrogens with zero attached hydrogens (tertiary/aromatic N) is 2. The molecule has 2 rings (SSSR count). The highest BCUT2D eigenvalue weighted by atomic mass is 16.5. The lowest BCUT2D eigenvalue weighted by atomic mass is 10.2. The molecule has 2 aromatic carbocycles. The van der Waals surface area contributed by atoms with Gasteiger partial charge in [0.2, 0.25) is 0 Å². The maximum Gasteiger partial charge on any atom is 0.271 e. The Hall–Kier alpha value is -3.35. The summed E-state index contributed by atoms with van der Waals surface area (Å²) >= 11 is 0. The Bertz CT molecular complexity index is 801. The van der Waals surface area contributed by atoms with Gasteiger partial charge in [0.05, 0.1) is 12.2 Å². The molecule has 0 unspecified atom stereocenters. The van der Waals surface area contributed by atoms with E-state index in [-0.39, 0.29) is 5.91 Å². The molecule has 0 aliphatic carbocycles. The number of carbonyl (C=O) groups excluding carboxylic acids is 2. The van der Waals surface area contributed by atoms with Gasteiger partial charge in [-0.2, -0.15) is 5.10 Å². The lowest BCUT2D eigenvalue weighted by Crippen LogP contribution is -2.37. The second-order valence-corrected chi connectivity index (χ2v) is 5.79. The molecule has 0 heterocycles. The highest BCUT2D eigenvalue weighted by Crippen LogP contribution is 2.14. The zero-order valence-electron chi connectivity index (χ0n) is 14.8. The average molecular weight is 354 g/mol. The number of carbonyl (C=O) groups is 2. The van der Waals surface area contributed by atoms with Crippen molar-refractivity contribution in [2.24, 2.45) is 5.10 Å². The zero-order chi connectivity index (χ0) is 19.1. The van der Waals surface area contributed by atoms with Crippen LogP contribution in [0.25, 0.3) is 0 Å². The van der Waals surface area contributed by atoms with Gasteiger partial charge < -0.3 is 19.5 Å². The van der Waals surface area contributed by atoms with Crippen LogP contribution in [0.1, 0.15) is 22.8 Å². The van der Waals surface area contributed by atoms with E-state index in [1.807, 2.05) is 25.1 Å². The molecule has 0 bridgehead atoms. The van der Waals surface area contributed by atoms with Crippen LogP contribution >= 0.6 is 0 Å². The minimum absolute atomic E-state index is 0.312. The summed E-state index contributed by atoms with van der Waals surface area (Å²) < 4.78 is 5.18. The monoisotopic (exact) mass is 354 g/mol. The third kappa shape index (κ3) is 5.34. The van der Waals surface area contributed by atoms with Crippen LogP contribution < -0.4 is 20.2 Å². The van der Waals surface area contributed by atoms with Crippen LogP contribution in [-0.4, -0.2) is 38.3 Å². The molecular weight excluding hydrogens is 334 g/mol. The summed E-state index contributed by atoms with van der Waals surface area (Å²) in [6.07, 6.45) is 0.450. The first-order valence-electron chi connectivity index (χ1n) is 7.95. The Labute approximate surface area is 151 Å². The number of hydrogen-bond acceptors (Lipinski definition) is 6. The van der Waals surface area contributed by atoms with Gasteiger partial charge in [-0.15, -0.1) is 0 Å². The van der Waals surface area contributed by atoms with E-state index in [9.17, 15) is 14.7 Å². The number of aliphatic carboxylic acids is 1. The number of rotatable bonds is 7. The predicted octanol–water partition coefficient (Wildman–Crippen LogP) is 1.03. The number of hydrogen-bond donors (Lipinski definition) is 1. The third-order valence-electron chi connectivity index (χ3n) is 3.53. The van der Waals surface area contributed by atoms with Crippen molar-refractivity contribution >= 4 is 23.8 Å². The van der Waals surface area contributed by atoms with Gasteiger partial charge in [0.1, 0.15) is 11.9 Å². The van der Waals surface area contributed by atoms with Gasteiger partial charge in [0.15, 0.2) is 0 Å². The topological polar surface area (TPSA) is 94.1 Å². The Morgan fingerprint density at radius 1 is 1.19 bits per heavy atom. The SMILES string of the molecule is C[C@H](Oc1ccc(C=NNC(=O)c2cccc(N(C)C)c2)cc1)C(=O)[O-]. The summed E-state index contributed by atoms with van der Waals surface area (Å²) in [4.78, 5) is 24.7. The summed E-state index contributed by atoms with van der Waals surface area (Å²) in [5.74, 6) is -1.19. The van der Waals surface area contributed by atoms with Crippen molar-refractivity contribution in [2.75, 3.05) is 19.0 Å². The fourth-order valence-electron chi connectivity index (χ4n) is 2.04. The molecule has 26 heavy (non-hydrogen) atoms. The van der Waals surface area contributed by atoms with Crippen molar-refractivity contribution in [2.45, 2.75) is 13.0 Å². The van der Waals surface area contributed by atoms with Crippen molar-refractivity contribution in [3.63, 3.8) is 0 Å². The molecule has 0 spiro atoms. The van der Waals surface area contributed by atoms with Crippen molar-refractivity contribution < 1.29 is 19.4 Å². The van der Waals surface area contributed by atoms with Crippen LogP contribution in [0.4, 0.5) is 5.69 Å². The van der Waals surface area contributed by atoms with Gasteiger partial charge in [0.25, 0.3) is 5.91 Å². The van der Waals surface area contributed by atoms with Crippen LogP contribution in [0.15, 0.2) is 53.6 Å². The van der Waals surface area contributed by atoms with Gasteiger partial charge >= 0.3 is 0 Å². The largest absolute Gasteiger partial charge is 0.546 e. The highest BCUT2D eigenvalue weighted by molar-refractivity contribution is 5.95. The highest BCUT2D eigenvalue weighted by Gasteiger charge is 2.06. The molecular formula is C19H20N3O4-. The van der Waals surface area contributed by atoms with Crippen LogP contribution in [0.5, 0.6) is 5.75 Å². The van der Waals surface area contributed by atoms with E-state index in [1.165, 1.54) is 13.1 Å². The number of anilines is 1. The van der Waals surface area contributed by atoms with Gasteiger partial charge in [-0.3, -0.25) is 4.79 Å². The van der Waals surface area contributed by atoms with Gasteiger partial charge in [0, 0.05) is 25.3 Å². The lowest BCUT2D eigenvalue weighted by Gasteiger charge is -2.15. The molecule has 0 saturated heterocycles. The Balaban J connectivity index is 1.94. The fourth-order valence-corrected chi connectivity index (χ4v) is 2.04. The second-order valence-electron chi connectivity index (χ2n) is 5.79. The molecule has 0 saturated carbocycles. The minimum Gasteiger partial charge on any atom is -0.546 e. The molecule has 1 amide bonds. The van der Waals surface area contributed by atoms with Crippen molar-refractivity contribution in [3.05, 3.63) is 59.7 Å². The molecule has 136 valence electrons. The minimum atomic E-state index is -1.28. The number of benzene rings is 2. The van der Waals surface area contributed by atoms with E-state index >= 15 is 0 Å². The number of ether oxygens (including phenoxy) is 1. The van der Waals surface area contributed by atoms with Crippen molar-refractivity contribution in [3.8, 4) is 5.75 Å². The molecule has 0 radical (unpaired) electrons. The quantitative estimate of drug-likeness (QED) is 0.592. The van der Waals surface area contributed by atoms with Crippen LogP contribution in [0.3, 0.4) is 0 Å². The summed E-state index contributed by atoms with van der Waals surface area (Å²) in [7, 11) is 3.80. The zero-order valence-corrected chi connectivity index (χ0v) is 14.8. The number of carboxylic acid groups (broad SMARTS) is 1. The molecule has 7 nitrogen and oxygen atoms in total. The Morgan fingerprint density at radius 2 is 1.88 bits per heavy atom. The first kappa shape index (κ1) is 19.0. The van der Waals surface area contributed by atoms with E-state index in [0.717, 1.165) is 11.3 Å². The smallest absolute Gasteiger partial charge is 0.271 e. The van der Waals surface area contributed by atoms with Gasteiger partial charge in [-0.05, 0) is 55.0 Å². The number of amides is 1. The molecule has 1 N–H and O–H groups in total. The van der Waals surface area contributed by atoms with Crippen LogP contribution in [0, 0.1) is 0 Å². The molecule has 0 aliphatic heterocycles. The Morgan fingerprint density at radius 3 is 2.50 bits per heavy atom. The first-order chi connectivity index (χ1) is 12.4. The van der Waals surface area contributed by atoms with Gasteiger partial charge in [-0.25, -0.2) is 5.43 Å². The molecule has 7 heteroatoms. The molecule has 0 aromatic heterocycles. The van der Waals surface area contributed by atoms with E-state index < -0.39 is 12.1 Å². The summed E-state index contributed by atoms with van der Waals surface area (Å²) in [5, 5.41) is 14.6. The standard InChI is InChI=1S/C19H21N3O4/c1-13(19(24)25)26-17-9-7-14(8-10-17)12-20-21-18(23)15-5-4-6-16(11-15)22(2)3/h4-13H,1-3H3,(H,21,23)(H,24,25)/p-1/t13-/m0/s1. The molecule has 2 aromatic rings. The number of hydrazone groups is 1. The van der Waals surface area contributed by atoms with E-state index in [0.29, 0.717) is 11.3 Å². The summed E-state index contributed by atoms with van der Waals surface area (Å²) in [6, 6.07) is 13.8. The van der Waals surface area contributed by atoms with E-state index in [4.69, 9.17) is 4.74 Å². The van der Waals surface area contributed by atoms with Crippen LogP contribution in [-0.2, 0) is 4.79 Å². The number of carboxylic acids is 1. The average Bonchev–Trinajstić information content (AvgIpc) is 2.63. The lowest BCUT2D eigenvalue weighted by molar-refractivity contribution is -0.312. The van der Waals surface area contributed by atoms with Gasteiger partial charge in [-0.1, -0.05) is 6.07 Å².